The minimum absolute atomic E-state index is 0.0326. The number of ether oxygens (including phenoxy) is 3. The molecule has 3 N–H and O–H groups in total. The molecule has 0 aliphatic heterocycles. The molecule has 2 aromatic rings. The average molecular weight is 289 g/mol. The summed E-state index contributed by atoms with van der Waals surface area (Å²) in [5, 5.41) is 9.08. The molecule has 0 aliphatic rings. The van der Waals surface area contributed by atoms with E-state index in [0.717, 1.165) is 5.56 Å². The van der Waals surface area contributed by atoms with E-state index in [0.29, 0.717) is 36.1 Å². The van der Waals surface area contributed by atoms with Crippen molar-refractivity contribution < 1.29 is 19.3 Å². The minimum atomic E-state index is -0.0326. The first-order valence-electron chi connectivity index (χ1n) is 6.62. The summed E-state index contributed by atoms with van der Waals surface area (Å²) in [4.78, 5) is 0. The molecule has 0 spiro atoms. The van der Waals surface area contributed by atoms with Gasteiger partial charge >= 0.3 is 0 Å². The van der Waals surface area contributed by atoms with Crippen LogP contribution in [0.25, 0.3) is 0 Å². The summed E-state index contributed by atoms with van der Waals surface area (Å²) in [6, 6.07) is 12.5. The first-order valence-corrected chi connectivity index (χ1v) is 6.62. The van der Waals surface area contributed by atoms with Gasteiger partial charge in [-0.2, -0.15) is 0 Å². The smallest absolute Gasteiger partial charge is 0.161 e. The molecule has 0 amide bonds. The molecule has 0 saturated carbocycles. The minimum Gasteiger partial charge on any atom is -0.493 e. The molecule has 0 saturated heterocycles. The number of rotatable bonds is 7. The van der Waals surface area contributed by atoms with Gasteiger partial charge in [-0.3, -0.25) is 0 Å². The second kappa shape index (κ2) is 7.40. The van der Waals surface area contributed by atoms with Crippen LogP contribution in [0.15, 0.2) is 42.5 Å². The molecule has 21 heavy (non-hydrogen) atoms. The van der Waals surface area contributed by atoms with E-state index < -0.39 is 0 Å². The fraction of sp³-hybridized carbons (Fsp3) is 0.250. The molecular weight excluding hydrogens is 270 g/mol. The van der Waals surface area contributed by atoms with Crippen molar-refractivity contribution in [3.05, 3.63) is 48.0 Å². The van der Waals surface area contributed by atoms with E-state index in [-0.39, 0.29) is 6.61 Å². The topological polar surface area (TPSA) is 73.9 Å². The van der Waals surface area contributed by atoms with Crippen molar-refractivity contribution in [2.24, 2.45) is 0 Å². The summed E-state index contributed by atoms with van der Waals surface area (Å²) in [6.07, 6.45) is 0. The third-order valence-corrected chi connectivity index (χ3v) is 2.88. The van der Waals surface area contributed by atoms with Crippen LogP contribution in [-0.4, -0.2) is 25.4 Å². The Bertz CT molecular complexity index is 586. The van der Waals surface area contributed by atoms with Crippen molar-refractivity contribution in [1.82, 2.24) is 0 Å². The predicted molar refractivity (Wildman–Crippen MR) is 80.8 cm³/mol. The van der Waals surface area contributed by atoms with Crippen molar-refractivity contribution in [3.8, 4) is 17.2 Å². The van der Waals surface area contributed by atoms with Gasteiger partial charge in [0.15, 0.2) is 11.5 Å². The molecule has 112 valence electrons. The highest BCUT2D eigenvalue weighted by Gasteiger charge is 2.05. The van der Waals surface area contributed by atoms with Gasteiger partial charge in [0.25, 0.3) is 0 Å². The number of aliphatic hydroxyl groups excluding tert-OH is 1. The van der Waals surface area contributed by atoms with Gasteiger partial charge < -0.3 is 25.1 Å². The zero-order valence-corrected chi connectivity index (χ0v) is 11.9. The van der Waals surface area contributed by atoms with Gasteiger partial charge in [-0.15, -0.1) is 0 Å². The molecule has 2 aromatic carbocycles. The van der Waals surface area contributed by atoms with Crippen LogP contribution in [0.4, 0.5) is 5.69 Å². The van der Waals surface area contributed by atoms with E-state index in [2.05, 4.69) is 0 Å². The van der Waals surface area contributed by atoms with Crippen LogP contribution >= 0.6 is 0 Å². The quantitative estimate of drug-likeness (QED) is 0.604. The number of hydrogen-bond donors (Lipinski definition) is 2. The van der Waals surface area contributed by atoms with Crippen molar-refractivity contribution in [2.75, 3.05) is 26.1 Å². The van der Waals surface area contributed by atoms with Gasteiger partial charge in [-0.1, -0.05) is 12.1 Å². The summed E-state index contributed by atoms with van der Waals surface area (Å²) in [5.41, 5.74) is 7.11. The molecule has 0 heterocycles. The standard InChI is InChI=1S/C16H19NO4/c1-19-16-9-12(11-18)5-6-15(16)21-8-7-20-14-4-2-3-13(17)10-14/h2-6,9-10,18H,7-8,11,17H2,1H3. The van der Waals surface area contributed by atoms with Crippen molar-refractivity contribution in [3.63, 3.8) is 0 Å². The lowest BCUT2D eigenvalue weighted by atomic mass is 10.2. The third-order valence-electron chi connectivity index (χ3n) is 2.88. The van der Waals surface area contributed by atoms with Crippen LogP contribution in [0, 0.1) is 0 Å². The van der Waals surface area contributed by atoms with Crippen LogP contribution in [0.1, 0.15) is 5.56 Å². The third kappa shape index (κ3) is 4.29. The number of hydrogen-bond acceptors (Lipinski definition) is 5. The molecule has 0 unspecified atom stereocenters. The lowest BCUT2D eigenvalue weighted by Gasteiger charge is -2.12. The number of nitrogen functional groups attached to an aromatic ring is 1. The van der Waals surface area contributed by atoms with Gasteiger partial charge in [-0.05, 0) is 29.8 Å². The van der Waals surface area contributed by atoms with Crippen LogP contribution in [0.2, 0.25) is 0 Å². The van der Waals surface area contributed by atoms with Crippen molar-refractivity contribution in [2.45, 2.75) is 6.61 Å². The molecule has 0 radical (unpaired) electrons. The summed E-state index contributed by atoms with van der Waals surface area (Å²) in [6.45, 7) is 0.743. The Labute approximate surface area is 123 Å². The zero-order chi connectivity index (χ0) is 15.1. The second-order valence-electron chi connectivity index (χ2n) is 4.41. The van der Waals surface area contributed by atoms with Gasteiger partial charge in [0, 0.05) is 11.8 Å². The highest BCUT2D eigenvalue weighted by Crippen LogP contribution is 2.28. The Balaban J connectivity index is 1.86. The van der Waals surface area contributed by atoms with Crippen LogP contribution in [0.3, 0.4) is 0 Å². The molecule has 2 rings (SSSR count). The lowest BCUT2D eigenvalue weighted by molar-refractivity contribution is 0.211. The van der Waals surface area contributed by atoms with Gasteiger partial charge in [0.2, 0.25) is 0 Å². The summed E-state index contributed by atoms with van der Waals surface area (Å²) >= 11 is 0. The lowest BCUT2D eigenvalue weighted by Crippen LogP contribution is -2.09. The maximum atomic E-state index is 9.08. The Kier molecular flexibility index (Phi) is 5.29. The second-order valence-corrected chi connectivity index (χ2v) is 4.41. The Morgan fingerprint density at radius 2 is 1.81 bits per heavy atom. The molecule has 5 nitrogen and oxygen atoms in total. The van der Waals surface area contributed by atoms with Gasteiger partial charge in [0.05, 0.1) is 13.7 Å². The average Bonchev–Trinajstić information content (AvgIpc) is 2.51. The molecule has 0 bridgehead atoms. The summed E-state index contributed by atoms with van der Waals surface area (Å²) < 4.78 is 16.4. The normalized spacial score (nSPS) is 10.2. The van der Waals surface area contributed by atoms with Crippen LogP contribution in [0.5, 0.6) is 17.2 Å². The Morgan fingerprint density at radius 3 is 2.52 bits per heavy atom. The van der Waals surface area contributed by atoms with Crippen molar-refractivity contribution in [1.29, 1.82) is 0 Å². The van der Waals surface area contributed by atoms with E-state index in [4.69, 9.17) is 25.1 Å². The zero-order valence-electron chi connectivity index (χ0n) is 11.9. The predicted octanol–water partition coefficient (Wildman–Crippen LogP) is 2.23. The van der Waals surface area contributed by atoms with E-state index >= 15 is 0 Å². The fourth-order valence-corrected chi connectivity index (χ4v) is 1.85. The molecular formula is C16H19NO4. The SMILES string of the molecule is COc1cc(CO)ccc1OCCOc1cccc(N)c1. The maximum absolute atomic E-state index is 9.08. The van der Waals surface area contributed by atoms with Gasteiger partial charge in [-0.25, -0.2) is 0 Å². The molecule has 5 heteroatoms. The molecule has 0 atom stereocenters. The largest absolute Gasteiger partial charge is 0.493 e. The van der Waals surface area contributed by atoms with Crippen LogP contribution in [-0.2, 0) is 6.61 Å². The Hall–Kier alpha value is -2.40. The number of nitrogens with two attached hydrogens (primary N) is 1. The molecule has 0 fully saturated rings. The van der Waals surface area contributed by atoms with E-state index in [1.54, 1.807) is 37.4 Å². The summed E-state index contributed by atoms with van der Waals surface area (Å²) in [5.74, 6) is 1.91. The van der Waals surface area contributed by atoms with E-state index in [9.17, 15) is 0 Å². The maximum Gasteiger partial charge on any atom is 0.161 e. The number of benzene rings is 2. The van der Waals surface area contributed by atoms with E-state index in [1.165, 1.54) is 0 Å². The number of methoxy groups -OCH3 is 1. The van der Waals surface area contributed by atoms with Crippen LogP contribution < -0.4 is 19.9 Å². The molecule has 0 aromatic heterocycles. The number of aliphatic hydroxyl groups is 1. The fourth-order valence-electron chi connectivity index (χ4n) is 1.85. The number of anilines is 1. The highest BCUT2D eigenvalue weighted by molar-refractivity contribution is 5.44. The van der Waals surface area contributed by atoms with Gasteiger partial charge in [0.1, 0.15) is 19.0 Å². The highest BCUT2D eigenvalue weighted by atomic mass is 16.5. The summed E-state index contributed by atoms with van der Waals surface area (Å²) in [7, 11) is 1.56. The monoisotopic (exact) mass is 289 g/mol. The first kappa shape index (κ1) is 15.0. The first-order chi connectivity index (χ1) is 10.2. The molecule has 0 aliphatic carbocycles. The van der Waals surface area contributed by atoms with E-state index in [1.807, 2.05) is 12.1 Å². The Morgan fingerprint density at radius 1 is 1.00 bits per heavy atom. The van der Waals surface area contributed by atoms with Crippen molar-refractivity contribution >= 4 is 5.69 Å².